The number of ether oxygens (including phenoxy) is 4. The smallest absolute Gasteiger partial charge is 0.279 e. The Bertz CT molecular complexity index is 794. The minimum Gasteiger partial charge on any atom is -0.461 e. The van der Waals surface area contributed by atoms with Crippen LogP contribution in [0.1, 0.15) is 11.9 Å². The van der Waals surface area contributed by atoms with E-state index in [0.29, 0.717) is 5.75 Å². The van der Waals surface area contributed by atoms with E-state index in [1.165, 1.54) is 6.08 Å². The van der Waals surface area contributed by atoms with Crippen molar-refractivity contribution in [2.45, 2.75) is 24.8 Å². The minimum absolute atomic E-state index is 0.0774. The number of nitrogens with zero attached hydrogens (tertiary/aromatic N) is 1. The first-order valence-electron chi connectivity index (χ1n) is 8.26. The number of para-hydroxylation sites is 1. The zero-order valence-electron chi connectivity index (χ0n) is 13.8. The molecule has 7 heteroatoms. The lowest BCUT2D eigenvalue weighted by molar-refractivity contribution is -0.454. The van der Waals surface area contributed by atoms with Gasteiger partial charge in [0.2, 0.25) is 6.29 Å². The van der Waals surface area contributed by atoms with Crippen LogP contribution in [0.25, 0.3) is 0 Å². The van der Waals surface area contributed by atoms with Crippen LogP contribution in [0, 0.1) is 10.1 Å². The zero-order valence-corrected chi connectivity index (χ0v) is 13.8. The summed E-state index contributed by atoms with van der Waals surface area (Å²) >= 11 is 0. The highest BCUT2D eigenvalue weighted by molar-refractivity contribution is 5.23. The average Bonchev–Trinajstić information content (AvgIpc) is 2.68. The van der Waals surface area contributed by atoms with Crippen LogP contribution in [0.5, 0.6) is 5.75 Å². The fourth-order valence-corrected chi connectivity index (χ4v) is 2.99. The van der Waals surface area contributed by atoms with Gasteiger partial charge in [-0.1, -0.05) is 48.5 Å². The summed E-state index contributed by atoms with van der Waals surface area (Å²) in [7, 11) is 0. The predicted octanol–water partition coefficient (Wildman–Crippen LogP) is 3.07. The highest BCUT2D eigenvalue weighted by Gasteiger charge is 2.46. The second kappa shape index (κ2) is 7.25. The molecule has 1 fully saturated rings. The van der Waals surface area contributed by atoms with Crippen LogP contribution in [0.2, 0.25) is 0 Å². The standard InChI is InChI=1S/C19H17NO6/c21-20(22)15-11-17(24-14-9-5-2-6-10-14)25-16-12-23-19(26-18(15)16)13-7-3-1-4-8-13/h1-11,16-19H,12H2/t16-,17+,18+,19?/m1/s1. The van der Waals surface area contributed by atoms with Crippen LogP contribution in [0.4, 0.5) is 0 Å². The van der Waals surface area contributed by atoms with E-state index in [9.17, 15) is 10.1 Å². The first-order valence-corrected chi connectivity index (χ1v) is 8.26. The summed E-state index contributed by atoms with van der Waals surface area (Å²) in [6.07, 6.45) is -1.63. The number of benzene rings is 2. The molecule has 4 atom stereocenters. The molecule has 134 valence electrons. The first-order chi connectivity index (χ1) is 12.7. The summed E-state index contributed by atoms with van der Waals surface area (Å²) in [5.74, 6) is 0.565. The molecule has 0 aliphatic carbocycles. The van der Waals surface area contributed by atoms with Crippen molar-refractivity contribution in [3.63, 3.8) is 0 Å². The van der Waals surface area contributed by atoms with Crippen molar-refractivity contribution in [1.29, 1.82) is 0 Å². The van der Waals surface area contributed by atoms with Gasteiger partial charge in [-0.3, -0.25) is 10.1 Å². The summed E-state index contributed by atoms with van der Waals surface area (Å²) in [6, 6.07) is 18.3. The molecule has 4 rings (SSSR count). The molecule has 0 radical (unpaired) electrons. The molecule has 26 heavy (non-hydrogen) atoms. The average molecular weight is 355 g/mol. The molecule has 0 N–H and O–H groups in total. The fourth-order valence-electron chi connectivity index (χ4n) is 2.99. The largest absolute Gasteiger partial charge is 0.461 e. The maximum Gasteiger partial charge on any atom is 0.279 e. The molecule has 0 aromatic heterocycles. The van der Waals surface area contributed by atoms with Crippen molar-refractivity contribution >= 4 is 0 Å². The number of rotatable bonds is 4. The molecular formula is C19H17NO6. The van der Waals surface area contributed by atoms with Crippen LogP contribution in [0.15, 0.2) is 72.4 Å². The second-order valence-electron chi connectivity index (χ2n) is 5.96. The molecule has 2 aromatic carbocycles. The van der Waals surface area contributed by atoms with Gasteiger partial charge in [0, 0.05) is 5.56 Å². The highest BCUT2D eigenvalue weighted by Crippen LogP contribution is 2.34. The third-order valence-corrected chi connectivity index (χ3v) is 4.21. The van der Waals surface area contributed by atoms with Crippen molar-refractivity contribution in [1.82, 2.24) is 0 Å². The van der Waals surface area contributed by atoms with E-state index in [4.69, 9.17) is 18.9 Å². The minimum atomic E-state index is -0.875. The van der Waals surface area contributed by atoms with E-state index >= 15 is 0 Å². The van der Waals surface area contributed by atoms with Crippen LogP contribution in [-0.2, 0) is 14.2 Å². The van der Waals surface area contributed by atoms with Gasteiger partial charge < -0.3 is 18.9 Å². The summed E-state index contributed by atoms with van der Waals surface area (Å²) < 4.78 is 23.0. The van der Waals surface area contributed by atoms with Crippen LogP contribution < -0.4 is 4.74 Å². The van der Waals surface area contributed by atoms with Gasteiger partial charge in [0.15, 0.2) is 12.4 Å². The molecule has 0 amide bonds. The van der Waals surface area contributed by atoms with Crippen molar-refractivity contribution in [2.24, 2.45) is 0 Å². The van der Waals surface area contributed by atoms with Gasteiger partial charge in [-0.2, -0.15) is 0 Å². The number of fused-ring (bicyclic) bond motifs is 1. The molecule has 2 aliphatic heterocycles. The molecule has 2 heterocycles. The van der Waals surface area contributed by atoms with Gasteiger partial charge in [0.25, 0.3) is 5.70 Å². The number of nitro groups is 1. The maximum atomic E-state index is 11.6. The predicted molar refractivity (Wildman–Crippen MR) is 90.8 cm³/mol. The third-order valence-electron chi connectivity index (χ3n) is 4.21. The number of hydrogen-bond acceptors (Lipinski definition) is 6. The molecule has 2 aromatic rings. The fraction of sp³-hybridized carbons (Fsp3) is 0.263. The van der Waals surface area contributed by atoms with Gasteiger partial charge in [-0.15, -0.1) is 0 Å². The van der Waals surface area contributed by atoms with Crippen molar-refractivity contribution in [3.8, 4) is 5.75 Å². The molecule has 0 saturated carbocycles. The summed E-state index contributed by atoms with van der Waals surface area (Å²) in [5.41, 5.74) is 0.725. The van der Waals surface area contributed by atoms with Crippen LogP contribution in [-0.4, -0.2) is 30.0 Å². The highest BCUT2D eigenvalue weighted by atomic mass is 16.7. The Morgan fingerprint density at radius 2 is 1.69 bits per heavy atom. The van der Waals surface area contributed by atoms with E-state index in [1.54, 1.807) is 12.1 Å². The second-order valence-corrected chi connectivity index (χ2v) is 5.96. The van der Waals surface area contributed by atoms with Gasteiger partial charge >= 0.3 is 0 Å². The lowest BCUT2D eigenvalue weighted by Gasteiger charge is -2.38. The lowest BCUT2D eigenvalue weighted by Crippen LogP contribution is -2.50. The molecule has 2 aliphatic rings. The molecule has 1 saturated heterocycles. The van der Waals surface area contributed by atoms with E-state index in [-0.39, 0.29) is 12.3 Å². The zero-order chi connectivity index (χ0) is 17.9. The number of hydrogen-bond donors (Lipinski definition) is 0. The van der Waals surface area contributed by atoms with E-state index < -0.39 is 29.7 Å². The van der Waals surface area contributed by atoms with E-state index in [0.717, 1.165) is 5.56 Å². The molecular weight excluding hydrogens is 338 g/mol. The first kappa shape index (κ1) is 16.7. The molecule has 7 nitrogen and oxygen atoms in total. The molecule has 1 unspecified atom stereocenters. The Balaban J connectivity index is 1.55. The molecule has 0 bridgehead atoms. The molecule has 0 spiro atoms. The van der Waals surface area contributed by atoms with Crippen molar-refractivity contribution < 1.29 is 23.9 Å². The van der Waals surface area contributed by atoms with Gasteiger partial charge in [0.05, 0.1) is 17.6 Å². The summed E-state index contributed by atoms with van der Waals surface area (Å²) in [5, 5.41) is 11.6. The summed E-state index contributed by atoms with van der Waals surface area (Å²) in [6.45, 7) is 0.171. The Kier molecular flexibility index (Phi) is 4.66. The Labute approximate surface area is 149 Å². The third kappa shape index (κ3) is 3.45. The monoisotopic (exact) mass is 355 g/mol. The van der Waals surface area contributed by atoms with Crippen molar-refractivity contribution in [2.75, 3.05) is 6.61 Å². The Morgan fingerprint density at radius 3 is 2.38 bits per heavy atom. The van der Waals surface area contributed by atoms with Crippen LogP contribution in [0.3, 0.4) is 0 Å². The Morgan fingerprint density at radius 1 is 1.00 bits per heavy atom. The van der Waals surface area contributed by atoms with Gasteiger partial charge in [0.1, 0.15) is 11.9 Å². The van der Waals surface area contributed by atoms with Crippen molar-refractivity contribution in [3.05, 3.63) is 88.1 Å². The SMILES string of the molecule is O=[N+]([O-])C1=C[C@@H](Oc2ccccc2)O[C@@H]2COC(c3ccccc3)O[C@@H]12. The van der Waals surface area contributed by atoms with Crippen LogP contribution >= 0.6 is 0 Å². The Hall–Kier alpha value is -2.74. The normalized spacial score (nSPS) is 27.9. The van der Waals surface area contributed by atoms with E-state index in [2.05, 4.69) is 0 Å². The van der Waals surface area contributed by atoms with Gasteiger partial charge in [-0.05, 0) is 12.1 Å². The maximum absolute atomic E-state index is 11.6. The quantitative estimate of drug-likeness (QED) is 0.619. The summed E-state index contributed by atoms with van der Waals surface area (Å²) in [4.78, 5) is 11.1. The van der Waals surface area contributed by atoms with E-state index in [1.807, 2.05) is 48.5 Å². The topological polar surface area (TPSA) is 80.1 Å². The van der Waals surface area contributed by atoms with Gasteiger partial charge in [-0.25, -0.2) is 0 Å². The lowest BCUT2D eigenvalue weighted by atomic mass is 10.1.